The summed E-state index contributed by atoms with van der Waals surface area (Å²) in [4.78, 5) is 12.6. The van der Waals surface area contributed by atoms with Crippen LogP contribution in [0.15, 0.2) is 0 Å². The van der Waals surface area contributed by atoms with Gasteiger partial charge in [-0.05, 0) is 93.3 Å². The third-order valence-corrected chi connectivity index (χ3v) is 14.1. The predicted molar refractivity (Wildman–Crippen MR) is 159 cm³/mol. The van der Waals surface area contributed by atoms with E-state index in [2.05, 4.69) is 13.8 Å². The highest BCUT2D eigenvalue weighted by molar-refractivity contribution is 5.75. The minimum absolute atomic E-state index is 0.0200. The van der Waals surface area contributed by atoms with Gasteiger partial charge in [-0.25, -0.2) is 0 Å². The standard InChI is InChI=1S/C34H54O12/c1-13-23-22(44-30(13)41)12-19-17-11-21(20-10-16(35)6-8-33(20,4)18(17)7-9-34(19,23)5)45-32-28(40)29(25(37)15(3)43-32)46-31-27(39)26(38)24(36)14(2)42-31/h13-29,31-32,35-40H,6-12H2,1-5H3. The van der Waals surface area contributed by atoms with Gasteiger partial charge < -0.3 is 54.3 Å². The van der Waals surface area contributed by atoms with Crippen molar-refractivity contribution in [3.8, 4) is 0 Å². The number of carbonyl (C=O) groups excluding carboxylic acids is 1. The van der Waals surface area contributed by atoms with Crippen LogP contribution in [0.4, 0.5) is 0 Å². The fourth-order valence-corrected chi connectivity index (χ4v) is 11.6. The average Bonchev–Trinajstić information content (AvgIpc) is 3.47. The molecule has 0 aromatic carbocycles. The average molecular weight is 655 g/mol. The van der Waals surface area contributed by atoms with Crippen LogP contribution in [0.2, 0.25) is 0 Å². The van der Waals surface area contributed by atoms with Crippen LogP contribution in [-0.2, 0) is 28.5 Å². The molecule has 7 rings (SSSR count). The number of aliphatic hydroxyl groups is 6. The van der Waals surface area contributed by atoms with Crippen LogP contribution >= 0.6 is 0 Å². The Balaban J connectivity index is 1.14. The molecule has 7 aliphatic rings. The molecule has 7 fully saturated rings. The summed E-state index contributed by atoms with van der Waals surface area (Å²) in [6, 6.07) is 0. The molecule has 0 bridgehead atoms. The molecule has 21 atom stereocenters. The molecule has 4 saturated carbocycles. The zero-order chi connectivity index (χ0) is 33.0. The smallest absolute Gasteiger partial charge is 0.309 e. The van der Waals surface area contributed by atoms with E-state index in [1.165, 1.54) is 6.92 Å². The van der Waals surface area contributed by atoms with Gasteiger partial charge in [-0.1, -0.05) is 20.8 Å². The first kappa shape index (κ1) is 33.6. The van der Waals surface area contributed by atoms with Crippen LogP contribution in [0.1, 0.15) is 79.6 Å². The van der Waals surface area contributed by atoms with Crippen molar-refractivity contribution in [2.45, 2.75) is 159 Å². The Hall–Kier alpha value is -0.930. The van der Waals surface area contributed by atoms with Gasteiger partial charge in [0.15, 0.2) is 12.6 Å². The molecule has 6 N–H and O–H groups in total. The highest BCUT2D eigenvalue weighted by Gasteiger charge is 2.68. The van der Waals surface area contributed by atoms with Crippen molar-refractivity contribution in [3.05, 3.63) is 0 Å². The predicted octanol–water partition coefficient (Wildman–Crippen LogP) is 0.852. The van der Waals surface area contributed by atoms with Gasteiger partial charge >= 0.3 is 5.97 Å². The van der Waals surface area contributed by atoms with Crippen molar-refractivity contribution < 1.29 is 59.1 Å². The first-order valence-corrected chi connectivity index (χ1v) is 17.6. The first-order valence-electron chi connectivity index (χ1n) is 17.6. The number of carbonyl (C=O) groups is 1. The van der Waals surface area contributed by atoms with E-state index >= 15 is 0 Å². The van der Waals surface area contributed by atoms with Crippen molar-refractivity contribution in [1.29, 1.82) is 0 Å². The Morgan fingerprint density at radius 3 is 2.07 bits per heavy atom. The quantitative estimate of drug-likeness (QED) is 0.186. The zero-order valence-electron chi connectivity index (χ0n) is 27.6. The van der Waals surface area contributed by atoms with Crippen molar-refractivity contribution in [2.75, 3.05) is 0 Å². The van der Waals surface area contributed by atoms with Gasteiger partial charge in [0.1, 0.15) is 42.7 Å². The second-order valence-electron chi connectivity index (χ2n) is 16.4. The van der Waals surface area contributed by atoms with Crippen LogP contribution in [0.25, 0.3) is 0 Å². The van der Waals surface area contributed by atoms with Crippen molar-refractivity contribution >= 4 is 5.97 Å². The van der Waals surface area contributed by atoms with Crippen LogP contribution in [0.3, 0.4) is 0 Å². The summed E-state index contributed by atoms with van der Waals surface area (Å²) in [5.74, 6) is 1.14. The Bertz CT molecular complexity index is 1160. The van der Waals surface area contributed by atoms with Gasteiger partial charge in [0, 0.05) is 5.92 Å². The van der Waals surface area contributed by atoms with E-state index in [0.29, 0.717) is 24.2 Å². The monoisotopic (exact) mass is 654 g/mol. The fourth-order valence-electron chi connectivity index (χ4n) is 11.6. The highest BCUT2D eigenvalue weighted by Crippen LogP contribution is 2.70. The van der Waals surface area contributed by atoms with Gasteiger partial charge in [-0.15, -0.1) is 0 Å². The molecule has 0 aromatic heterocycles. The van der Waals surface area contributed by atoms with E-state index in [-0.39, 0.29) is 46.8 Å². The van der Waals surface area contributed by atoms with Crippen LogP contribution in [0, 0.1) is 46.3 Å². The number of esters is 1. The summed E-state index contributed by atoms with van der Waals surface area (Å²) in [5.41, 5.74) is -0.115. The largest absolute Gasteiger partial charge is 0.462 e. The minimum Gasteiger partial charge on any atom is -0.462 e. The van der Waals surface area contributed by atoms with Gasteiger partial charge in [0.2, 0.25) is 0 Å². The molecule has 12 nitrogen and oxygen atoms in total. The molecule has 46 heavy (non-hydrogen) atoms. The third-order valence-electron chi connectivity index (χ3n) is 14.1. The molecule has 0 radical (unpaired) electrons. The molecular weight excluding hydrogens is 600 g/mol. The van der Waals surface area contributed by atoms with Crippen molar-refractivity contribution in [3.63, 3.8) is 0 Å². The summed E-state index contributed by atoms with van der Waals surface area (Å²) in [7, 11) is 0. The Labute approximate surface area is 270 Å². The molecule has 3 aliphatic heterocycles. The molecule has 4 aliphatic carbocycles. The number of hydrogen-bond acceptors (Lipinski definition) is 12. The van der Waals surface area contributed by atoms with Crippen molar-refractivity contribution in [2.24, 2.45) is 46.3 Å². The number of rotatable bonds is 4. The molecule has 3 heterocycles. The lowest BCUT2D eigenvalue weighted by Gasteiger charge is -2.63. The lowest BCUT2D eigenvalue weighted by Crippen LogP contribution is -2.64. The topological polar surface area (TPSA) is 185 Å². The summed E-state index contributed by atoms with van der Waals surface area (Å²) >= 11 is 0. The zero-order valence-corrected chi connectivity index (χ0v) is 27.6. The van der Waals surface area contributed by atoms with E-state index in [1.54, 1.807) is 6.92 Å². The normalized spacial score (nSPS) is 60.1. The molecule has 262 valence electrons. The lowest BCUT2D eigenvalue weighted by atomic mass is 9.43. The Kier molecular flexibility index (Phi) is 8.64. The third kappa shape index (κ3) is 5.03. The maximum atomic E-state index is 12.6. The maximum absolute atomic E-state index is 12.6. The maximum Gasteiger partial charge on any atom is 0.309 e. The minimum atomic E-state index is -1.60. The molecule has 0 aromatic rings. The highest BCUT2D eigenvalue weighted by atomic mass is 16.7. The molecule has 21 unspecified atom stereocenters. The van der Waals surface area contributed by atoms with Gasteiger partial charge in [-0.3, -0.25) is 4.79 Å². The SMILES string of the molecule is CC1OC(OC2C(O)C(C)OC(OC3CC4C(CCC5(C)C4CC4OC(=O)C(C)C45)C4(C)CCC(O)CC34)C2O)C(O)C(O)C1O. The van der Waals surface area contributed by atoms with Crippen molar-refractivity contribution in [1.82, 2.24) is 0 Å². The van der Waals surface area contributed by atoms with Gasteiger partial charge in [0.05, 0.1) is 30.3 Å². The van der Waals surface area contributed by atoms with E-state index in [0.717, 1.165) is 38.5 Å². The van der Waals surface area contributed by atoms with Gasteiger partial charge in [0.25, 0.3) is 0 Å². The van der Waals surface area contributed by atoms with Crippen LogP contribution in [0.5, 0.6) is 0 Å². The second kappa shape index (κ2) is 11.8. The summed E-state index contributed by atoms with van der Waals surface area (Å²) in [6.07, 6.45) is -7.65. The summed E-state index contributed by atoms with van der Waals surface area (Å²) < 4.78 is 30.3. The number of fused-ring (bicyclic) bond motifs is 7. The second-order valence-corrected chi connectivity index (χ2v) is 16.4. The fraction of sp³-hybridized carbons (Fsp3) is 0.971. The molecule has 0 amide bonds. The number of ether oxygens (including phenoxy) is 5. The van der Waals surface area contributed by atoms with E-state index < -0.39 is 67.5 Å². The molecule has 3 saturated heterocycles. The lowest BCUT2D eigenvalue weighted by molar-refractivity contribution is -0.363. The summed E-state index contributed by atoms with van der Waals surface area (Å²) in [5, 5.41) is 64.4. The summed E-state index contributed by atoms with van der Waals surface area (Å²) in [6.45, 7) is 9.89. The van der Waals surface area contributed by atoms with Crippen LogP contribution in [-0.4, -0.2) is 116 Å². The Morgan fingerprint density at radius 1 is 0.696 bits per heavy atom. The Morgan fingerprint density at radius 2 is 1.35 bits per heavy atom. The number of aliphatic hydroxyl groups excluding tert-OH is 6. The van der Waals surface area contributed by atoms with Gasteiger partial charge in [-0.2, -0.15) is 0 Å². The van der Waals surface area contributed by atoms with Crippen LogP contribution < -0.4 is 0 Å². The van der Waals surface area contributed by atoms with E-state index in [4.69, 9.17) is 23.7 Å². The van der Waals surface area contributed by atoms with E-state index in [9.17, 15) is 35.4 Å². The molecular formula is C34H54O12. The van der Waals surface area contributed by atoms with E-state index in [1.807, 2.05) is 6.92 Å². The number of hydrogen-bond donors (Lipinski definition) is 6. The first-order chi connectivity index (χ1) is 21.7. The molecule has 0 spiro atoms. The molecule has 12 heteroatoms.